The van der Waals surface area contributed by atoms with Crippen LogP contribution in [0.15, 0.2) is 30.3 Å². The van der Waals surface area contributed by atoms with Gasteiger partial charge in [0.25, 0.3) is 5.91 Å². The molecule has 0 spiro atoms. The van der Waals surface area contributed by atoms with Crippen LogP contribution in [0.5, 0.6) is 0 Å². The van der Waals surface area contributed by atoms with E-state index in [2.05, 4.69) is 10.4 Å². The second kappa shape index (κ2) is 7.83. The molecule has 1 atom stereocenters. The lowest BCUT2D eigenvalue weighted by Gasteiger charge is -2.20. The fraction of sp³-hybridized carbons (Fsp3) is 0.500. The molecule has 0 saturated heterocycles. The molecular formula is C20H27N3O2. The van der Waals surface area contributed by atoms with Gasteiger partial charge in [0.15, 0.2) is 0 Å². The predicted octanol–water partition coefficient (Wildman–Crippen LogP) is 3.16. The van der Waals surface area contributed by atoms with E-state index in [4.69, 9.17) is 0 Å². The fourth-order valence-electron chi connectivity index (χ4n) is 3.88. The molecular weight excluding hydrogens is 314 g/mol. The maximum atomic E-state index is 12.8. The molecule has 1 aliphatic carbocycles. The SMILES string of the molecule is Cc1nn(-c2ccccc2)c(C)c1C(=O)N[C@@H](CO)CC1CCCC1. The van der Waals surface area contributed by atoms with Crippen LogP contribution in [-0.4, -0.2) is 33.4 Å². The number of hydrogen-bond donors (Lipinski definition) is 2. The minimum atomic E-state index is -0.186. The van der Waals surface area contributed by atoms with E-state index in [-0.39, 0.29) is 18.6 Å². The van der Waals surface area contributed by atoms with E-state index >= 15 is 0 Å². The molecule has 1 amide bonds. The number of carbonyl (C=O) groups excluding carboxylic acids is 1. The number of aromatic nitrogens is 2. The van der Waals surface area contributed by atoms with Gasteiger partial charge in [-0.05, 0) is 38.3 Å². The number of benzene rings is 1. The summed E-state index contributed by atoms with van der Waals surface area (Å²) in [6.45, 7) is 3.74. The molecule has 2 N–H and O–H groups in total. The zero-order chi connectivity index (χ0) is 17.8. The summed E-state index contributed by atoms with van der Waals surface area (Å²) in [6.07, 6.45) is 5.79. The maximum Gasteiger partial charge on any atom is 0.255 e. The van der Waals surface area contributed by atoms with Crippen molar-refractivity contribution in [2.75, 3.05) is 6.61 Å². The number of nitrogens with zero attached hydrogens (tertiary/aromatic N) is 2. The van der Waals surface area contributed by atoms with Gasteiger partial charge in [-0.15, -0.1) is 0 Å². The molecule has 1 saturated carbocycles. The third-order valence-corrected chi connectivity index (χ3v) is 5.17. The summed E-state index contributed by atoms with van der Waals surface area (Å²) in [4.78, 5) is 12.8. The van der Waals surface area contributed by atoms with Gasteiger partial charge in [0.2, 0.25) is 0 Å². The topological polar surface area (TPSA) is 67.2 Å². The van der Waals surface area contributed by atoms with E-state index in [0.717, 1.165) is 17.8 Å². The van der Waals surface area contributed by atoms with Gasteiger partial charge in [-0.2, -0.15) is 5.10 Å². The normalized spacial score (nSPS) is 16.1. The van der Waals surface area contributed by atoms with Crippen molar-refractivity contribution in [1.82, 2.24) is 15.1 Å². The van der Waals surface area contributed by atoms with Gasteiger partial charge < -0.3 is 10.4 Å². The smallest absolute Gasteiger partial charge is 0.255 e. The molecule has 1 aromatic heterocycles. The van der Waals surface area contributed by atoms with Crippen molar-refractivity contribution < 1.29 is 9.90 Å². The summed E-state index contributed by atoms with van der Waals surface area (Å²) >= 11 is 0. The average molecular weight is 341 g/mol. The first-order valence-electron chi connectivity index (χ1n) is 9.13. The fourth-order valence-corrected chi connectivity index (χ4v) is 3.88. The van der Waals surface area contributed by atoms with Crippen molar-refractivity contribution in [2.24, 2.45) is 5.92 Å². The Kier molecular flexibility index (Phi) is 5.53. The number of aryl methyl sites for hydroxylation is 1. The van der Waals surface area contributed by atoms with Crippen LogP contribution in [0.3, 0.4) is 0 Å². The van der Waals surface area contributed by atoms with E-state index in [9.17, 15) is 9.90 Å². The molecule has 1 aromatic carbocycles. The standard InChI is InChI=1S/C20H27N3O2/c1-14-19(15(2)23(22-14)18-10-4-3-5-11-18)20(25)21-17(13-24)12-16-8-6-7-9-16/h3-5,10-11,16-17,24H,6-9,12-13H2,1-2H3,(H,21,25)/t17-/m1/s1. The molecule has 0 bridgehead atoms. The van der Waals surface area contributed by atoms with E-state index < -0.39 is 0 Å². The summed E-state index contributed by atoms with van der Waals surface area (Å²) in [5.74, 6) is 0.473. The van der Waals surface area contributed by atoms with Crippen LogP contribution in [-0.2, 0) is 0 Å². The molecule has 5 nitrogen and oxygen atoms in total. The Labute approximate surface area is 149 Å². The van der Waals surface area contributed by atoms with E-state index in [1.807, 2.05) is 44.2 Å². The van der Waals surface area contributed by atoms with Gasteiger partial charge in [-0.25, -0.2) is 4.68 Å². The Morgan fingerprint density at radius 3 is 2.60 bits per heavy atom. The van der Waals surface area contributed by atoms with Crippen molar-refractivity contribution in [3.63, 3.8) is 0 Å². The Balaban J connectivity index is 1.76. The van der Waals surface area contributed by atoms with Gasteiger partial charge in [0.05, 0.1) is 35.3 Å². The van der Waals surface area contributed by atoms with Crippen molar-refractivity contribution in [3.8, 4) is 5.69 Å². The third-order valence-electron chi connectivity index (χ3n) is 5.17. The van der Waals surface area contributed by atoms with Gasteiger partial charge >= 0.3 is 0 Å². The molecule has 1 aliphatic rings. The number of aliphatic hydroxyl groups is 1. The molecule has 0 aliphatic heterocycles. The molecule has 1 fully saturated rings. The highest BCUT2D eigenvalue weighted by Crippen LogP contribution is 2.28. The number of hydrogen-bond acceptors (Lipinski definition) is 3. The highest BCUT2D eigenvalue weighted by molar-refractivity contribution is 5.96. The monoisotopic (exact) mass is 341 g/mol. The Morgan fingerprint density at radius 2 is 1.96 bits per heavy atom. The van der Waals surface area contributed by atoms with Crippen molar-refractivity contribution in [2.45, 2.75) is 52.0 Å². The van der Waals surface area contributed by atoms with Gasteiger partial charge in [-0.3, -0.25) is 4.79 Å². The zero-order valence-electron chi connectivity index (χ0n) is 15.0. The summed E-state index contributed by atoms with van der Waals surface area (Å²) in [5.41, 5.74) is 3.07. The lowest BCUT2D eigenvalue weighted by atomic mass is 9.98. The molecule has 2 aromatic rings. The molecule has 0 unspecified atom stereocenters. The Bertz CT molecular complexity index is 718. The number of carbonyl (C=O) groups is 1. The molecule has 0 radical (unpaired) electrons. The zero-order valence-corrected chi connectivity index (χ0v) is 15.0. The van der Waals surface area contributed by atoms with E-state index in [0.29, 0.717) is 17.2 Å². The van der Waals surface area contributed by atoms with E-state index in [1.54, 1.807) is 4.68 Å². The minimum Gasteiger partial charge on any atom is -0.394 e. The molecule has 25 heavy (non-hydrogen) atoms. The van der Waals surface area contributed by atoms with Crippen molar-refractivity contribution >= 4 is 5.91 Å². The first-order chi connectivity index (χ1) is 12.1. The number of aliphatic hydroxyl groups excluding tert-OH is 1. The first-order valence-corrected chi connectivity index (χ1v) is 9.13. The number of amides is 1. The van der Waals surface area contributed by atoms with Crippen LogP contribution >= 0.6 is 0 Å². The second-order valence-corrected chi connectivity index (χ2v) is 7.03. The molecule has 1 heterocycles. The van der Waals surface area contributed by atoms with Crippen LogP contribution in [0.1, 0.15) is 53.8 Å². The van der Waals surface area contributed by atoms with Crippen LogP contribution < -0.4 is 5.32 Å². The minimum absolute atomic E-state index is 0.0207. The van der Waals surface area contributed by atoms with Gasteiger partial charge in [-0.1, -0.05) is 43.9 Å². The first kappa shape index (κ1) is 17.7. The molecule has 134 valence electrons. The quantitative estimate of drug-likeness (QED) is 0.848. The predicted molar refractivity (Wildman–Crippen MR) is 98.0 cm³/mol. The number of para-hydroxylation sites is 1. The van der Waals surface area contributed by atoms with Crippen LogP contribution in [0, 0.1) is 19.8 Å². The molecule has 3 rings (SSSR count). The van der Waals surface area contributed by atoms with Crippen LogP contribution in [0.2, 0.25) is 0 Å². The number of rotatable bonds is 6. The summed E-state index contributed by atoms with van der Waals surface area (Å²) < 4.78 is 1.80. The highest BCUT2D eigenvalue weighted by atomic mass is 16.3. The lowest BCUT2D eigenvalue weighted by molar-refractivity contribution is 0.0905. The Morgan fingerprint density at radius 1 is 1.28 bits per heavy atom. The lowest BCUT2D eigenvalue weighted by Crippen LogP contribution is -2.39. The molecule has 5 heteroatoms. The maximum absolute atomic E-state index is 12.8. The largest absolute Gasteiger partial charge is 0.394 e. The summed E-state index contributed by atoms with van der Waals surface area (Å²) in [6, 6.07) is 9.62. The van der Waals surface area contributed by atoms with Gasteiger partial charge in [0.1, 0.15) is 0 Å². The van der Waals surface area contributed by atoms with Crippen molar-refractivity contribution in [3.05, 3.63) is 47.3 Å². The van der Waals surface area contributed by atoms with Gasteiger partial charge in [0, 0.05) is 0 Å². The highest BCUT2D eigenvalue weighted by Gasteiger charge is 2.24. The second-order valence-electron chi connectivity index (χ2n) is 7.03. The third kappa shape index (κ3) is 3.93. The Hall–Kier alpha value is -2.14. The average Bonchev–Trinajstić information content (AvgIpc) is 3.22. The summed E-state index contributed by atoms with van der Waals surface area (Å²) in [5, 5.41) is 17.2. The van der Waals surface area contributed by atoms with Crippen LogP contribution in [0.25, 0.3) is 5.69 Å². The van der Waals surface area contributed by atoms with Crippen molar-refractivity contribution in [1.29, 1.82) is 0 Å². The number of nitrogens with one attached hydrogen (secondary N) is 1. The van der Waals surface area contributed by atoms with Crippen LogP contribution in [0.4, 0.5) is 0 Å². The van der Waals surface area contributed by atoms with E-state index in [1.165, 1.54) is 25.7 Å². The summed E-state index contributed by atoms with van der Waals surface area (Å²) in [7, 11) is 0.